The van der Waals surface area contributed by atoms with Crippen LogP contribution in [0.2, 0.25) is 5.02 Å². The first-order valence-electron chi connectivity index (χ1n) is 8.31. The minimum Gasteiger partial charge on any atom is -0.467 e. The zero-order valence-electron chi connectivity index (χ0n) is 13.8. The second-order valence-electron chi connectivity index (χ2n) is 6.10. The summed E-state index contributed by atoms with van der Waals surface area (Å²) < 4.78 is 33.8. The number of para-hydroxylation sites is 1. The molecule has 0 amide bonds. The van der Waals surface area contributed by atoms with E-state index in [-0.39, 0.29) is 6.10 Å². The van der Waals surface area contributed by atoms with Gasteiger partial charge in [-0.1, -0.05) is 47.2 Å². The van der Waals surface area contributed by atoms with Crippen molar-refractivity contribution >= 4 is 43.2 Å². The Morgan fingerprint density at radius 3 is 2.50 bits per heavy atom. The number of fused-ring (bicyclic) bond motifs is 1. The Bertz CT molecular complexity index is 1010. The molecule has 0 saturated carbocycles. The van der Waals surface area contributed by atoms with Gasteiger partial charge in [-0.25, -0.2) is 13.4 Å². The predicted octanol–water partition coefficient (Wildman–Crippen LogP) is 4.18. The highest BCUT2D eigenvalue weighted by Crippen LogP contribution is 2.33. The topological polar surface area (TPSA) is 59.5 Å². The molecule has 3 aromatic rings. The van der Waals surface area contributed by atoms with Crippen molar-refractivity contribution in [2.75, 3.05) is 13.1 Å². The third-order valence-corrected chi connectivity index (χ3v) is 7.53. The van der Waals surface area contributed by atoms with Crippen molar-refractivity contribution in [3.63, 3.8) is 0 Å². The number of sulfonamides is 1. The lowest BCUT2D eigenvalue weighted by Gasteiger charge is -2.30. The molecule has 1 fully saturated rings. The van der Waals surface area contributed by atoms with Gasteiger partial charge in [-0.2, -0.15) is 4.31 Å². The van der Waals surface area contributed by atoms with Crippen LogP contribution in [0.4, 0.5) is 0 Å². The van der Waals surface area contributed by atoms with Gasteiger partial charge in [-0.15, -0.1) is 0 Å². The number of nitrogens with zero attached hydrogens (tertiary/aromatic N) is 2. The van der Waals surface area contributed by atoms with Crippen LogP contribution >= 0.6 is 22.9 Å². The Labute approximate surface area is 161 Å². The molecule has 1 aliphatic heterocycles. The summed E-state index contributed by atoms with van der Waals surface area (Å²) in [5, 5.41) is 1.19. The van der Waals surface area contributed by atoms with Crippen LogP contribution < -0.4 is 4.74 Å². The van der Waals surface area contributed by atoms with Crippen LogP contribution in [0.25, 0.3) is 10.2 Å². The fourth-order valence-corrected chi connectivity index (χ4v) is 5.69. The highest BCUT2D eigenvalue weighted by Gasteiger charge is 2.30. The summed E-state index contributed by atoms with van der Waals surface area (Å²) in [5.41, 5.74) is 0.748. The van der Waals surface area contributed by atoms with Gasteiger partial charge in [0.25, 0.3) is 5.19 Å². The number of piperidine rings is 1. The van der Waals surface area contributed by atoms with Crippen LogP contribution in [0.1, 0.15) is 12.8 Å². The summed E-state index contributed by atoms with van der Waals surface area (Å²) in [7, 11) is -3.44. The van der Waals surface area contributed by atoms with Gasteiger partial charge in [0, 0.05) is 13.1 Å². The second-order valence-corrected chi connectivity index (χ2v) is 9.44. The van der Waals surface area contributed by atoms with Gasteiger partial charge in [0.05, 0.1) is 14.6 Å². The third kappa shape index (κ3) is 3.44. The number of aromatic nitrogens is 1. The fraction of sp³-hybridized carbons (Fsp3) is 0.278. The van der Waals surface area contributed by atoms with Gasteiger partial charge < -0.3 is 4.74 Å². The van der Waals surface area contributed by atoms with Crippen molar-refractivity contribution in [1.29, 1.82) is 0 Å². The van der Waals surface area contributed by atoms with E-state index < -0.39 is 10.0 Å². The molecule has 5 nitrogen and oxygen atoms in total. The van der Waals surface area contributed by atoms with Crippen molar-refractivity contribution in [3.8, 4) is 5.19 Å². The van der Waals surface area contributed by atoms with Crippen molar-refractivity contribution < 1.29 is 13.2 Å². The van der Waals surface area contributed by atoms with E-state index in [0.29, 0.717) is 41.0 Å². The molecule has 136 valence electrons. The van der Waals surface area contributed by atoms with E-state index in [1.165, 1.54) is 15.6 Å². The standard InChI is InChI=1S/C18H17ClN2O3S2/c19-15-7-4-8-16-17(15)20-18(25-16)24-13-9-11-21(12-10-13)26(22,23)14-5-2-1-3-6-14/h1-8,13H,9-12H2. The summed E-state index contributed by atoms with van der Waals surface area (Å²) in [5.74, 6) is 0. The molecule has 0 bridgehead atoms. The van der Waals surface area contributed by atoms with E-state index in [9.17, 15) is 8.42 Å². The minimum atomic E-state index is -3.44. The van der Waals surface area contributed by atoms with Crippen LogP contribution in [0.5, 0.6) is 5.19 Å². The lowest BCUT2D eigenvalue weighted by atomic mass is 10.1. The van der Waals surface area contributed by atoms with E-state index in [4.69, 9.17) is 16.3 Å². The Morgan fingerprint density at radius 2 is 1.81 bits per heavy atom. The van der Waals surface area contributed by atoms with Gasteiger partial charge in [-0.3, -0.25) is 0 Å². The first-order valence-corrected chi connectivity index (χ1v) is 10.9. The van der Waals surface area contributed by atoms with E-state index in [2.05, 4.69) is 4.98 Å². The number of hydrogen-bond acceptors (Lipinski definition) is 5. The average molecular weight is 409 g/mol. The van der Waals surface area contributed by atoms with Gasteiger partial charge in [-0.05, 0) is 37.1 Å². The van der Waals surface area contributed by atoms with Crippen molar-refractivity contribution in [2.24, 2.45) is 0 Å². The normalized spacial score (nSPS) is 16.8. The van der Waals surface area contributed by atoms with E-state index in [0.717, 1.165) is 10.2 Å². The monoisotopic (exact) mass is 408 g/mol. The van der Waals surface area contributed by atoms with Crippen molar-refractivity contribution in [1.82, 2.24) is 9.29 Å². The average Bonchev–Trinajstić information content (AvgIpc) is 3.07. The first kappa shape index (κ1) is 17.7. The SMILES string of the molecule is O=S(=O)(c1ccccc1)N1CCC(Oc2nc3c(Cl)cccc3s2)CC1. The fourth-order valence-electron chi connectivity index (χ4n) is 3.02. The quantitative estimate of drug-likeness (QED) is 0.649. The molecule has 0 N–H and O–H groups in total. The molecule has 1 saturated heterocycles. The summed E-state index contributed by atoms with van der Waals surface area (Å²) >= 11 is 7.61. The van der Waals surface area contributed by atoms with Gasteiger partial charge in [0.2, 0.25) is 10.0 Å². The molecule has 0 spiro atoms. The van der Waals surface area contributed by atoms with E-state index in [1.54, 1.807) is 30.3 Å². The molecule has 26 heavy (non-hydrogen) atoms. The molecule has 4 rings (SSSR count). The number of hydrogen-bond donors (Lipinski definition) is 0. The predicted molar refractivity (Wildman–Crippen MR) is 103 cm³/mol. The summed E-state index contributed by atoms with van der Waals surface area (Å²) in [6.45, 7) is 0.876. The molecular weight excluding hydrogens is 392 g/mol. The molecular formula is C18H17ClN2O3S2. The molecule has 2 heterocycles. The number of ether oxygens (including phenoxy) is 1. The minimum absolute atomic E-state index is 0.0449. The largest absolute Gasteiger partial charge is 0.467 e. The Hall–Kier alpha value is -1.67. The summed E-state index contributed by atoms with van der Waals surface area (Å²) in [6, 6.07) is 14.2. The molecule has 8 heteroatoms. The molecule has 1 aromatic heterocycles. The van der Waals surface area contributed by atoms with E-state index in [1.807, 2.05) is 18.2 Å². The highest BCUT2D eigenvalue weighted by atomic mass is 35.5. The summed E-state index contributed by atoms with van der Waals surface area (Å²) in [4.78, 5) is 4.79. The summed E-state index contributed by atoms with van der Waals surface area (Å²) in [6.07, 6.45) is 1.22. The Morgan fingerprint density at radius 1 is 1.08 bits per heavy atom. The van der Waals surface area contributed by atoms with Crippen LogP contribution in [-0.2, 0) is 10.0 Å². The molecule has 0 atom stereocenters. The smallest absolute Gasteiger partial charge is 0.274 e. The van der Waals surface area contributed by atoms with Crippen LogP contribution in [0, 0.1) is 0 Å². The maximum absolute atomic E-state index is 12.7. The first-order chi connectivity index (χ1) is 12.5. The zero-order valence-corrected chi connectivity index (χ0v) is 16.2. The maximum Gasteiger partial charge on any atom is 0.274 e. The molecule has 0 radical (unpaired) electrons. The maximum atomic E-state index is 12.7. The molecule has 2 aromatic carbocycles. The van der Waals surface area contributed by atoms with Gasteiger partial charge in [0.1, 0.15) is 11.6 Å². The lowest BCUT2D eigenvalue weighted by Crippen LogP contribution is -2.41. The Kier molecular flexibility index (Phi) is 4.88. The second kappa shape index (κ2) is 7.15. The van der Waals surface area contributed by atoms with Gasteiger partial charge >= 0.3 is 0 Å². The van der Waals surface area contributed by atoms with Gasteiger partial charge in [0.15, 0.2) is 0 Å². The van der Waals surface area contributed by atoms with Crippen LogP contribution in [0.3, 0.4) is 0 Å². The van der Waals surface area contributed by atoms with Crippen LogP contribution in [0.15, 0.2) is 53.4 Å². The molecule has 1 aliphatic rings. The Balaban J connectivity index is 1.43. The number of rotatable bonds is 4. The van der Waals surface area contributed by atoms with Crippen LogP contribution in [-0.4, -0.2) is 36.9 Å². The highest BCUT2D eigenvalue weighted by molar-refractivity contribution is 7.89. The number of halogens is 1. The lowest BCUT2D eigenvalue weighted by molar-refractivity contribution is 0.135. The third-order valence-electron chi connectivity index (χ3n) is 4.40. The molecule has 0 unspecified atom stereocenters. The number of benzene rings is 2. The van der Waals surface area contributed by atoms with Crippen molar-refractivity contribution in [2.45, 2.75) is 23.8 Å². The number of thiazole rings is 1. The van der Waals surface area contributed by atoms with E-state index >= 15 is 0 Å². The molecule has 0 aliphatic carbocycles. The zero-order chi connectivity index (χ0) is 18.1. The van der Waals surface area contributed by atoms with Crippen molar-refractivity contribution in [3.05, 3.63) is 53.6 Å².